The molecule has 7 nitrogen and oxygen atoms in total. The summed E-state index contributed by atoms with van der Waals surface area (Å²) in [6, 6.07) is 16.9. The lowest BCUT2D eigenvalue weighted by molar-refractivity contribution is -0.117. The summed E-state index contributed by atoms with van der Waals surface area (Å²) in [6.07, 6.45) is 0.785. The number of hydrogen-bond donors (Lipinski definition) is 2. The number of halogens is 1. The predicted octanol–water partition coefficient (Wildman–Crippen LogP) is 3.34. The predicted molar refractivity (Wildman–Crippen MR) is 117 cm³/mol. The Labute approximate surface area is 178 Å². The van der Waals surface area contributed by atoms with Gasteiger partial charge in [0.15, 0.2) is 0 Å². The molecule has 154 valence electrons. The van der Waals surface area contributed by atoms with Gasteiger partial charge in [-0.3, -0.25) is 14.4 Å². The number of rotatable bonds is 7. The summed E-state index contributed by atoms with van der Waals surface area (Å²) >= 11 is 6.03. The minimum Gasteiger partial charge on any atom is -0.352 e. The molecule has 0 radical (unpaired) electrons. The first-order valence-electron chi connectivity index (χ1n) is 9.49. The Kier molecular flexibility index (Phi) is 6.98. The lowest BCUT2D eigenvalue weighted by Gasteiger charge is -2.12. The molecular weight excluding hydrogens is 404 g/mol. The van der Waals surface area contributed by atoms with E-state index in [0.717, 1.165) is 16.7 Å². The van der Waals surface area contributed by atoms with Gasteiger partial charge in [-0.25, -0.2) is 4.68 Å². The molecule has 0 unspecified atom stereocenters. The second-order valence-corrected chi connectivity index (χ2v) is 7.01. The van der Waals surface area contributed by atoms with Crippen molar-refractivity contribution < 1.29 is 9.59 Å². The van der Waals surface area contributed by atoms with Crippen molar-refractivity contribution in [3.8, 4) is 11.3 Å². The van der Waals surface area contributed by atoms with Crippen molar-refractivity contribution in [2.45, 2.75) is 19.9 Å². The zero-order valence-corrected chi connectivity index (χ0v) is 17.1. The normalized spacial score (nSPS) is 10.5. The van der Waals surface area contributed by atoms with E-state index in [-0.39, 0.29) is 18.1 Å². The number of benzene rings is 2. The average Bonchev–Trinajstić information content (AvgIpc) is 2.74. The van der Waals surface area contributed by atoms with Gasteiger partial charge in [0.05, 0.1) is 16.9 Å². The summed E-state index contributed by atoms with van der Waals surface area (Å²) in [5.74, 6) is -0.813. The topological polar surface area (TPSA) is 93.1 Å². The molecule has 0 fully saturated rings. The molecule has 2 aromatic carbocycles. The fraction of sp³-hybridized carbons (Fsp3) is 0.182. The van der Waals surface area contributed by atoms with E-state index in [1.54, 1.807) is 18.2 Å². The van der Waals surface area contributed by atoms with Gasteiger partial charge in [-0.1, -0.05) is 48.9 Å². The molecule has 0 saturated heterocycles. The average molecular weight is 425 g/mol. The van der Waals surface area contributed by atoms with Gasteiger partial charge in [-0.05, 0) is 30.7 Å². The van der Waals surface area contributed by atoms with Gasteiger partial charge < -0.3 is 10.6 Å². The largest absolute Gasteiger partial charge is 0.352 e. The van der Waals surface area contributed by atoms with E-state index in [9.17, 15) is 14.4 Å². The first-order chi connectivity index (χ1) is 14.5. The van der Waals surface area contributed by atoms with E-state index in [0.29, 0.717) is 22.8 Å². The van der Waals surface area contributed by atoms with Crippen LogP contribution in [0.1, 0.15) is 23.7 Å². The van der Waals surface area contributed by atoms with Gasteiger partial charge in [0.1, 0.15) is 6.54 Å². The van der Waals surface area contributed by atoms with Crippen molar-refractivity contribution in [1.82, 2.24) is 15.1 Å². The van der Waals surface area contributed by atoms with Crippen molar-refractivity contribution in [3.63, 3.8) is 0 Å². The van der Waals surface area contributed by atoms with E-state index < -0.39 is 11.5 Å². The van der Waals surface area contributed by atoms with Crippen LogP contribution < -0.4 is 16.2 Å². The maximum atomic E-state index is 12.6. The Morgan fingerprint density at radius 1 is 1.07 bits per heavy atom. The highest BCUT2D eigenvalue weighted by molar-refractivity contribution is 6.31. The van der Waals surface area contributed by atoms with Crippen LogP contribution in [-0.2, 0) is 11.3 Å². The fourth-order valence-corrected chi connectivity index (χ4v) is 2.97. The van der Waals surface area contributed by atoms with E-state index in [2.05, 4.69) is 15.7 Å². The van der Waals surface area contributed by atoms with Crippen LogP contribution in [0.25, 0.3) is 11.3 Å². The van der Waals surface area contributed by atoms with Crippen LogP contribution in [0.4, 0.5) is 5.69 Å². The number of anilines is 1. The maximum absolute atomic E-state index is 12.6. The minimum atomic E-state index is -0.499. The molecule has 30 heavy (non-hydrogen) atoms. The van der Waals surface area contributed by atoms with Gasteiger partial charge in [0.2, 0.25) is 5.91 Å². The maximum Gasteiger partial charge on any atom is 0.267 e. The van der Waals surface area contributed by atoms with Crippen molar-refractivity contribution >= 4 is 29.1 Å². The standard InChI is InChI=1S/C22H21ClN4O3/c1-2-12-24-22(30)17-9-8-16(23)13-19(17)25-20(28)14-27-21(29)11-10-18(26-27)15-6-4-3-5-7-15/h3-11,13H,2,12,14H2,1H3,(H,24,30)(H,25,28). The second-order valence-electron chi connectivity index (χ2n) is 6.57. The van der Waals surface area contributed by atoms with E-state index >= 15 is 0 Å². The molecule has 0 spiro atoms. The number of nitrogens with zero attached hydrogens (tertiary/aromatic N) is 2. The summed E-state index contributed by atoms with van der Waals surface area (Å²) < 4.78 is 1.08. The van der Waals surface area contributed by atoms with Gasteiger partial charge in [-0.2, -0.15) is 5.10 Å². The van der Waals surface area contributed by atoms with Crippen LogP contribution >= 0.6 is 11.6 Å². The van der Waals surface area contributed by atoms with Crippen molar-refractivity contribution in [2.24, 2.45) is 0 Å². The highest BCUT2D eigenvalue weighted by Gasteiger charge is 2.15. The minimum absolute atomic E-state index is 0.272. The second kappa shape index (κ2) is 9.84. The van der Waals surface area contributed by atoms with E-state index in [1.807, 2.05) is 37.3 Å². The zero-order valence-electron chi connectivity index (χ0n) is 16.4. The molecule has 2 amide bonds. The smallest absolute Gasteiger partial charge is 0.267 e. The zero-order chi connectivity index (χ0) is 21.5. The fourth-order valence-electron chi connectivity index (χ4n) is 2.80. The first kappa shape index (κ1) is 21.3. The third kappa shape index (κ3) is 5.33. The first-order valence-corrected chi connectivity index (χ1v) is 9.87. The summed E-state index contributed by atoms with van der Waals surface area (Å²) in [7, 11) is 0. The Morgan fingerprint density at radius 2 is 1.83 bits per heavy atom. The third-order valence-electron chi connectivity index (χ3n) is 4.27. The van der Waals surface area contributed by atoms with E-state index in [1.165, 1.54) is 12.1 Å². The molecule has 0 saturated carbocycles. The number of carbonyl (C=O) groups excluding carboxylic acids is 2. The van der Waals surface area contributed by atoms with Crippen LogP contribution in [-0.4, -0.2) is 28.1 Å². The molecule has 1 aromatic heterocycles. The number of nitrogens with one attached hydrogen (secondary N) is 2. The number of aromatic nitrogens is 2. The third-order valence-corrected chi connectivity index (χ3v) is 4.50. The summed E-state index contributed by atoms with van der Waals surface area (Å²) in [5, 5.41) is 10.1. The van der Waals surface area contributed by atoms with Crippen molar-refractivity contribution in [2.75, 3.05) is 11.9 Å². The molecule has 0 aliphatic rings. The summed E-state index contributed by atoms with van der Waals surface area (Å²) in [6.45, 7) is 2.15. The Balaban J connectivity index is 1.80. The molecule has 0 atom stereocenters. The number of hydrogen-bond acceptors (Lipinski definition) is 4. The highest BCUT2D eigenvalue weighted by Crippen LogP contribution is 2.21. The van der Waals surface area contributed by atoms with E-state index in [4.69, 9.17) is 11.6 Å². The summed E-state index contributed by atoms with van der Waals surface area (Å²) in [4.78, 5) is 37.1. The monoisotopic (exact) mass is 424 g/mol. The van der Waals surface area contributed by atoms with Crippen molar-refractivity contribution in [1.29, 1.82) is 0 Å². The molecule has 1 heterocycles. The molecule has 0 aliphatic carbocycles. The lowest BCUT2D eigenvalue weighted by atomic mass is 10.1. The number of amides is 2. The molecule has 0 bridgehead atoms. The SMILES string of the molecule is CCCNC(=O)c1ccc(Cl)cc1NC(=O)Cn1nc(-c2ccccc2)ccc1=O. The van der Waals surface area contributed by atoms with Gasteiger partial charge in [0.25, 0.3) is 11.5 Å². The Bertz CT molecular complexity index is 1110. The molecule has 3 rings (SSSR count). The van der Waals surface area contributed by atoms with Gasteiger partial charge >= 0.3 is 0 Å². The lowest BCUT2D eigenvalue weighted by Crippen LogP contribution is -2.30. The Morgan fingerprint density at radius 3 is 2.57 bits per heavy atom. The van der Waals surface area contributed by atoms with Gasteiger partial charge in [0, 0.05) is 23.2 Å². The van der Waals surface area contributed by atoms with Gasteiger partial charge in [-0.15, -0.1) is 0 Å². The molecule has 3 aromatic rings. The molecule has 2 N–H and O–H groups in total. The van der Waals surface area contributed by atoms with Crippen molar-refractivity contribution in [3.05, 3.63) is 81.6 Å². The molecule has 8 heteroatoms. The quantitative estimate of drug-likeness (QED) is 0.608. The Hall–Kier alpha value is -3.45. The van der Waals surface area contributed by atoms with Crippen LogP contribution in [0.2, 0.25) is 5.02 Å². The summed E-state index contributed by atoms with van der Waals surface area (Å²) in [5.41, 5.74) is 1.56. The van der Waals surface area contributed by atoms with Crippen LogP contribution in [0.15, 0.2) is 65.5 Å². The highest BCUT2D eigenvalue weighted by atomic mass is 35.5. The van der Waals surface area contributed by atoms with Crippen LogP contribution in [0, 0.1) is 0 Å². The van der Waals surface area contributed by atoms with Crippen LogP contribution in [0.3, 0.4) is 0 Å². The number of carbonyl (C=O) groups is 2. The van der Waals surface area contributed by atoms with Crippen LogP contribution in [0.5, 0.6) is 0 Å². The molecular formula is C22H21ClN4O3. The molecule has 0 aliphatic heterocycles.